The summed E-state index contributed by atoms with van der Waals surface area (Å²) in [5.41, 5.74) is 0.895. The van der Waals surface area contributed by atoms with Crippen molar-refractivity contribution in [3.8, 4) is 0 Å². The lowest BCUT2D eigenvalue weighted by atomic mass is 9.95. The Labute approximate surface area is 199 Å². The highest BCUT2D eigenvalue weighted by Crippen LogP contribution is 2.21. The van der Waals surface area contributed by atoms with E-state index in [1.807, 2.05) is 35.3 Å². The molecule has 1 aliphatic carbocycles. The van der Waals surface area contributed by atoms with Crippen LogP contribution in [-0.2, 0) is 20.9 Å². The number of amides is 2. The van der Waals surface area contributed by atoms with Crippen molar-refractivity contribution < 1.29 is 14.4 Å². The van der Waals surface area contributed by atoms with Gasteiger partial charge in [0.2, 0.25) is 11.7 Å². The molecule has 2 aromatic rings. The highest BCUT2D eigenvalue weighted by Gasteiger charge is 2.38. The minimum Gasteiger partial charge on any atom is -0.347 e. The normalized spacial score (nSPS) is 18.5. The van der Waals surface area contributed by atoms with E-state index in [0.29, 0.717) is 25.9 Å². The van der Waals surface area contributed by atoms with Crippen LogP contribution in [0.25, 0.3) is 0 Å². The number of carbonyl (C=O) groups excluding carboxylic acids is 3. The fraction of sp³-hybridized carbons (Fsp3) is 0.462. The molecule has 1 unspecified atom stereocenters. The standard InChI is InChI=1S/C26H32N4O4/c31-22-13-16-28(17-14-22)29(18-20-8-3-1-4-9-20)19-24(32)30-15-7-12-23(30)25(33)26(34)27-21-10-5-2-6-11-21/h1,3-4,8-9,13-14,16-17,21,23H,2,5-7,10-12,15,18-19H2,(H,27,34). The highest BCUT2D eigenvalue weighted by molar-refractivity contribution is 6.38. The molecule has 180 valence electrons. The number of aromatic nitrogens is 1. The van der Waals surface area contributed by atoms with Crippen LogP contribution in [0.1, 0.15) is 50.5 Å². The number of pyridine rings is 1. The Morgan fingerprint density at radius 3 is 2.32 bits per heavy atom. The quantitative estimate of drug-likeness (QED) is 0.604. The average Bonchev–Trinajstić information content (AvgIpc) is 3.35. The third-order valence-electron chi connectivity index (χ3n) is 6.68. The second-order valence-electron chi connectivity index (χ2n) is 9.14. The van der Waals surface area contributed by atoms with E-state index in [4.69, 9.17) is 0 Å². The van der Waals surface area contributed by atoms with Gasteiger partial charge < -0.3 is 10.2 Å². The number of carbonyl (C=O) groups is 3. The minimum atomic E-state index is -0.719. The van der Waals surface area contributed by atoms with Gasteiger partial charge in [-0.25, -0.2) is 0 Å². The summed E-state index contributed by atoms with van der Waals surface area (Å²) in [4.78, 5) is 52.1. The molecule has 1 saturated heterocycles. The third-order valence-corrected chi connectivity index (χ3v) is 6.68. The monoisotopic (exact) mass is 464 g/mol. The van der Waals surface area contributed by atoms with Crippen molar-refractivity contribution in [1.29, 1.82) is 0 Å². The van der Waals surface area contributed by atoms with Crippen molar-refractivity contribution in [2.75, 3.05) is 18.1 Å². The number of hydrogen-bond donors (Lipinski definition) is 1. The molecule has 2 aliphatic rings. The van der Waals surface area contributed by atoms with E-state index in [9.17, 15) is 19.2 Å². The van der Waals surface area contributed by atoms with E-state index in [-0.39, 0.29) is 23.9 Å². The minimum absolute atomic E-state index is 0.0196. The molecule has 1 aromatic carbocycles. The molecule has 1 aliphatic heterocycles. The van der Waals surface area contributed by atoms with Crippen LogP contribution in [0.15, 0.2) is 59.7 Å². The molecule has 1 N–H and O–H groups in total. The molecule has 0 spiro atoms. The molecular formula is C26H32N4O4. The number of nitrogens with one attached hydrogen (secondary N) is 1. The van der Waals surface area contributed by atoms with E-state index in [2.05, 4.69) is 5.32 Å². The second kappa shape index (κ2) is 11.1. The van der Waals surface area contributed by atoms with Crippen molar-refractivity contribution in [3.05, 3.63) is 70.6 Å². The predicted molar refractivity (Wildman–Crippen MR) is 129 cm³/mol. The van der Waals surface area contributed by atoms with E-state index >= 15 is 0 Å². The van der Waals surface area contributed by atoms with Crippen LogP contribution in [0.5, 0.6) is 0 Å². The van der Waals surface area contributed by atoms with Gasteiger partial charge in [0.1, 0.15) is 12.6 Å². The summed E-state index contributed by atoms with van der Waals surface area (Å²) in [7, 11) is 0. The highest BCUT2D eigenvalue weighted by atomic mass is 16.2. The van der Waals surface area contributed by atoms with Gasteiger partial charge in [-0.3, -0.25) is 28.9 Å². The van der Waals surface area contributed by atoms with E-state index in [1.165, 1.54) is 18.6 Å². The number of benzene rings is 1. The van der Waals surface area contributed by atoms with Crippen LogP contribution in [-0.4, -0.2) is 52.3 Å². The fourth-order valence-electron chi connectivity index (χ4n) is 4.85. The van der Waals surface area contributed by atoms with E-state index < -0.39 is 17.7 Å². The smallest absolute Gasteiger partial charge is 0.289 e. The summed E-state index contributed by atoms with van der Waals surface area (Å²) < 4.78 is 1.72. The van der Waals surface area contributed by atoms with Crippen LogP contribution in [0, 0.1) is 0 Å². The molecule has 2 amide bonds. The molecule has 1 saturated carbocycles. The first-order valence-electron chi connectivity index (χ1n) is 12.1. The zero-order valence-electron chi connectivity index (χ0n) is 19.4. The van der Waals surface area contributed by atoms with Crippen LogP contribution in [0.4, 0.5) is 0 Å². The molecular weight excluding hydrogens is 432 g/mol. The van der Waals surface area contributed by atoms with Gasteiger partial charge in [-0.1, -0.05) is 49.6 Å². The summed E-state index contributed by atoms with van der Waals surface area (Å²) in [5.74, 6) is -1.30. The molecule has 8 heteroatoms. The van der Waals surface area contributed by atoms with Crippen molar-refractivity contribution in [2.45, 2.75) is 63.6 Å². The molecule has 1 atom stereocenters. The lowest BCUT2D eigenvalue weighted by Crippen LogP contribution is -2.52. The molecule has 4 rings (SSSR count). The Kier molecular flexibility index (Phi) is 7.77. The fourth-order valence-corrected chi connectivity index (χ4v) is 4.85. The van der Waals surface area contributed by atoms with Crippen molar-refractivity contribution in [1.82, 2.24) is 14.9 Å². The second-order valence-corrected chi connectivity index (χ2v) is 9.14. The average molecular weight is 465 g/mol. The van der Waals surface area contributed by atoms with Crippen LogP contribution in [0.3, 0.4) is 0 Å². The van der Waals surface area contributed by atoms with Gasteiger partial charge >= 0.3 is 0 Å². The van der Waals surface area contributed by atoms with Crippen molar-refractivity contribution in [2.24, 2.45) is 0 Å². The van der Waals surface area contributed by atoms with Gasteiger partial charge in [-0.15, -0.1) is 0 Å². The van der Waals surface area contributed by atoms with Gasteiger partial charge in [0.15, 0.2) is 5.43 Å². The maximum Gasteiger partial charge on any atom is 0.289 e. The topological polar surface area (TPSA) is 91.7 Å². The Balaban J connectivity index is 1.45. The summed E-state index contributed by atoms with van der Waals surface area (Å²) in [6.45, 7) is 0.922. The summed E-state index contributed by atoms with van der Waals surface area (Å²) in [5, 5.41) is 4.71. The van der Waals surface area contributed by atoms with E-state index in [1.54, 1.807) is 22.0 Å². The Morgan fingerprint density at radius 2 is 1.62 bits per heavy atom. The Hall–Kier alpha value is -3.42. The maximum atomic E-state index is 13.3. The SMILES string of the molecule is O=C(NC1CCCCC1)C(=O)C1CCCN1C(=O)CN(Cc1ccccc1)n1ccc(=O)cc1. The molecule has 34 heavy (non-hydrogen) atoms. The number of rotatable bonds is 8. The third kappa shape index (κ3) is 5.92. The van der Waals surface area contributed by atoms with Gasteiger partial charge in [0, 0.05) is 37.1 Å². The first-order valence-corrected chi connectivity index (χ1v) is 12.1. The maximum absolute atomic E-state index is 13.3. The Bertz CT molecular complexity index is 1040. The lowest BCUT2D eigenvalue weighted by molar-refractivity contribution is -0.144. The summed E-state index contributed by atoms with van der Waals surface area (Å²) in [6.07, 6.45) is 9.55. The molecule has 8 nitrogen and oxygen atoms in total. The number of hydrogen-bond acceptors (Lipinski definition) is 5. The zero-order valence-corrected chi connectivity index (χ0v) is 19.4. The first kappa shape index (κ1) is 23.7. The zero-order chi connectivity index (χ0) is 23.9. The molecule has 0 bridgehead atoms. The van der Waals surface area contributed by atoms with Crippen LogP contribution in [0.2, 0.25) is 0 Å². The number of nitrogens with zero attached hydrogens (tertiary/aromatic N) is 3. The van der Waals surface area contributed by atoms with Gasteiger partial charge in [-0.05, 0) is 31.2 Å². The summed E-state index contributed by atoms with van der Waals surface area (Å²) in [6, 6.07) is 12.0. The predicted octanol–water partition coefficient (Wildman–Crippen LogP) is 2.00. The Morgan fingerprint density at radius 1 is 0.912 bits per heavy atom. The van der Waals surface area contributed by atoms with E-state index in [0.717, 1.165) is 31.2 Å². The summed E-state index contributed by atoms with van der Waals surface area (Å²) >= 11 is 0. The van der Waals surface area contributed by atoms with Crippen molar-refractivity contribution >= 4 is 17.6 Å². The van der Waals surface area contributed by atoms with Gasteiger partial charge in [0.05, 0.1) is 6.54 Å². The largest absolute Gasteiger partial charge is 0.347 e. The lowest BCUT2D eigenvalue weighted by Gasteiger charge is -2.31. The van der Waals surface area contributed by atoms with Crippen LogP contribution >= 0.6 is 0 Å². The molecule has 0 radical (unpaired) electrons. The van der Waals surface area contributed by atoms with Crippen LogP contribution < -0.4 is 15.8 Å². The van der Waals surface area contributed by atoms with Crippen molar-refractivity contribution in [3.63, 3.8) is 0 Å². The van der Waals surface area contributed by atoms with Gasteiger partial charge in [-0.2, -0.15) is 0 Å². The number of Topliss-reactive ketones (excluding diaryl/α,β-unsaturated/α-hetero) is 1. The molecule has 2 heterocycles. The number of likely N-dealkylation sites (tertiary alicyclic amines) is 1. The van der Waals surface area contributed by atoms with Gasteiger partial charge in [0.25, 0.3) is 5.91 Å². The molecule has 1 aromatic heterocycles. The first-order chi connectivity index (χ1) is 16.5. The molecule has 2 fully saturated rings. The number of ketones is 1.